The standard InChI is InChI=1S/C2H3O2.C2H3O.Y/c1-2(3)4;1-2-3;/h1H2,(H,3,4);1H3;/q2*-1;. The quantitative estimate of drug-likeness (QED) is 0.549. The predicted octanol–water partition coefficient (Wildman–Crippen LogP) is 0.0186. The topological polar surface area (TPSA) is 54.4 Å². The molecule has 0 saturated carbocycles. The van der Waals surface area contributed by atoms with Crippen LogP contribution in [0, 0.1) is 6.92 Å². The number of carboxylic acids is 1. The normalized spacial score (nSPS) is 4.62. The van der Waals surface area contributed by atoms with Crippen molar-refractivity contribution < 1.29 is 47.4 Å². The van der Waals surface area contributed by atoms with Crippen LogP contribution in [0.4, 0.5) is 0 Å². The zero-order valence-corrected chi connectivity index (χ0v) is 7.39. The first-order valence-electron chi connectivity index (χ1n) is 1.49. The van der Waals surface area contributed by atoms with Gasteiger partial charge in [-0.3, -0.25) is 18.0 Å². The number of aliphatic carboxylic acids is 1. The van der Waals surface area contributed by atoms with E-state index in [9.17, 15) is 0 Å². The van der Waals surface area contributed by atoms with E-state index in [0.29, 0.717) is 0 Å². The maximum Gasteiger partial charge on any atom is 0.161 e. The minimum Gasteiger partial charge on any atom is -0.542 e. The van der Waals surface area contributed by atoms with Crippen LogP contribution >= 0.6 is 0 Å². The molecule has 0 aliphatic heterocycles. The first kappa shape index (κ1) is 15.7. The molecule has 0 spiro atoms. The molecule has 0 atom stereocenters. The first-order chi connectivity index (χ1) is 3.15. The maximum atomic E-state index is 8.89. The van der Waals surface area contributed by atoms with Crippen molar-refractivity contribution in [1.29, 1.82) is 0 Å². The van der Waals surface area contributed by atoms with Crippen molar-refractivity contribution in [3.05, 3.63) is 6.92 Å². The van der Waals surface area contributed by atoms with Crippen LogP contribution in [0.15, 0.2) is 0 Å². The average Bonchev–Trinajstić information content (AvgIpc) is 1.33. The summed E-state index contributed by atoms with van der Waals surface area (Å²) in [5.74, 6) is -1.08. The fourth-order valence-electron chi connectivity index (χ4n) is 0. The van der Waals surface area contributed by atoms with Gasteiger partial charge in [0.25, 0.3) is 0 Å². The summed E-state index contributed by atoms with van der Waals surface area (Å²) in [5, 5.41) is 7.31. The molecule has 1 radical (unpaired) electrons. The van der Waals surface area contributed by atoms with Gasteiger partial charge in [-0.25, -0.2) is 0 Å². The van der Waals surface area contributed by atoms with Crippen LogP contribution < -0.4 is 0 Å². The number of rotatable bonds is 0. The smallest absolute Gasteiger partial charge is 0.161 e. The molecule has 0 aliphatic carbocycles. The Hall–Kier alpha value is 0.114. The Kier molecular flexibility index (Phi) is 30.8. The zero-order valence-electron chi connectivity index (χ0n) is 4.55. The zero-order chi connectivity index (χ0) is 6.28. The molecule has 0 unspecified atom stereocenters. The second-order valence-corrected chi connectivity index (χ2v) is 0.598. The molecule has 0 saturated heterocycles. The summed E-state index contributed by atoms with van der Waals surface area (Å²) in [5.41, 5.74) is 0. The first-order valence-corrected chi connectivity index (χ1v) is 1.49. The van der Waals surface area contributed by atoms with Crippen LogP contribution in [0.5, 0.6) is 0 Å². The fourth-order valence-corrected chi connectivity index (χ4v) is 0. The van der Waals surface area contributed by atoms with Gasteiger partial charge in [-0.15, -0.1) is 0 Å². The van der Waals surface area contributed by atoms with Gasteiger partial charge in [0.15, 0.2) is 5.97 Å². The van der Waals surface area contributed by atoms with Crippen LogP contribution in [0.2, 0.25) is 0 Å². The number of carbonyl (C=O) groups is 1. The van der Waals surface area contributed by atoms with E-state index in [1.807, 2.05) is 0 Å². The molecule has 4 heteroatoms. The predicted molar refractivity (Wildman–Crippen MR) is 24.4 cm³/mol. The van der Waals surface area contributed by atoms with Crippen molar-refractivity contribution in [2.45, 2.75) is 6.92 Å². The van der Waals surface area contributed by atoms with E-state index >= 15 is 0 Å². The molecule has 0 aromatic heterocycles. The summed E-state index contributed by atoms with van der Waals surface area (Å²) in [6, 6.07) is 0. The molecule has 0 aliphatic rings. The number of hydrogen-bond acceptors (Lipinski definition) is 2. The van der Waals surface area contributed by atoms with Gasteiger partial charge in [-0.2, -0.15) is 6.92 Å². The van der Waals surface area contributed by atoms with Crippen LogP contribution in [-0.4, -0.2) is 17.4 Å². The Bertz CT molecular complexity index is 58.3. The van der Waals surface area contributed by atoms with Crippen molar-refractivity contribution in [3.8, 4) is 0 Å². The van der Waals surface area contributed by atoms with Crippen molar-refractivity contribution in [3.63, 3.8) is 0 Å². The van der Waals surface area contributed by atoms with Crippen molar-refractivity contribution in [1.82, 2.24) is 0 Å². The van der Waals surface area contributed by atoms with Gasteiger partial charge in [0.1, 0.15) is 0 Å². The average molecular weight is 191 g/mol. The fraction of sp³-hybridized carbons (Fsp3) is 0.250. The molecule has 1 N–H and O–H groups in total. The third-order valence-corrected chi connectivity index (χ3v) is 0. The van der Waals surface area contributed by atoms with E-state index in [-0.39, 0.29) is 32.7 Å². The van der Waals surface area contributed by atoms with Crippen molar-refractivity contribution >= 4 is 12.3 Å². The summed E-state index contributed by atoms with van der Waals surface area (Å²) in [6.45, 7) is 3.88. The Morgan fingerprint density at radius 3 is 1.75 bits per heavy atom. The molecular formula is C4H6O3Y-2. The third-order valence-electron chi connectivity index (χ3n) is 0. The summed E-state index contributed by atoms with van der Waals surface area (Å²) < 4.78 is 0. The molecule has 8 heavy (non-hydrogen) atoms. The summed E-state index contributed by atoms with van der Waals surface area (Å²) in [7, 11) is 0. The second-order valence-electron chi connectivity index (χ2n) is 0.598. The van der Waals surface area contributed by atoms with E-state index in [0.717, 1.165) is 0 Å². The van der Waals surface area contributed by atoms with Crippen LogP contribution in [0.25, 0.3) is 0 Å². The number of carboxylic acid groups (broad SMARTS) is 1. The summed E-state index contributed by atoms with van der Waals surface area (Å²) in [6.07, 6.45) is 1.50. The molecule has 0 aromatic carbocycles. The molecule has 0 fully saturated rings. The van der Waals surface area contributed by atoms with Crippen LogP contribution in [0.3, 0.4) is 0 Å². The molecule has 0 amide bonds. The van der Waals surface area contributed by atoms with Crippen LogP contribution in [0.1, 0.15) is 6.92 Å². The van der Waals surface area contributed by atoms with Gasteiger partial charge in [0, 0.05) is 32.7 Å². The minimum absolute atomic E-state index is 0. The molecule has 45 valence electrons. The molecule has 0 bridgehead atoms. The van der Waals surface area contributed by atoms with Crippen LogP contribution in [-0.2, 0) is 42.3 Å². The second kappa shape index (κ2) is 15.7. The monoisotopic (exact) mass is 191 g/mol. The number of carbonyl (C=O) groups excluding carboxylic acids is 1. The summed E-state index contributed by atoms with van der Waals surface area (Å²) >= 11 is 0. The Morgan fingerprint density at radius 1 is 1.75 bits per heavy atom. The van der Waals surface area contributed by atoms with Gasteiger partial charge in [0.05, 0.1) is 0 Å². The van der Waals surface area contributed by atoms with E-state index in [4.69, 9.17) is 14.7 Å². The van der Waals surface area contributed by atoms with Gasteiger partial charge in [-0.05, 0) is 0 Å². The Balaban J connectivity index is -0.0000000575. The van der Waals surface area contributed by atoms with E-state index in [1.165, 1.54) is 13.2 Å². The van der Waals surface area contributed by atoms with Gasteiger partial charge in [-0.1, -0.05) is 0 Å². The molecule has 0 aromatic rings. The van der Waals surface area contributed by atoms with E-state index in [2.05, 4.69) is 6.92 Å². The maximum absolute atomic E-state index is 8.89. The van der Waals surface area contributed by atoms with Crippen molar-refractivity contribution in [2.75, 3.05) is 0 Å². The SMILES string of the molecule is C[C-]=O.[CH2-]C(=O)O.[Y]. The van der Waals surface area contributed by atoms with Gasteiger partial charge < -0.3 is 9.90 Å². The molecular weight excluding hydrogens is 185 g/mol. The molecule has 3 nitrogen and oxygen atoms in total. The number of hydrogen-bond donors (Lipinski definition) is 1. The van der Waals surface area contributed by atoms with E-state index in [1.54, 1.807) is 0 Å². The third kappa shape index (κ3) is 12300. The van der Waals surface area contributed by atoms with Gasteiger partial charge in [0.2, 0.25) is 0 Å². The largest absolute Gasteiger partial charge is 0.542 e. The van der Waals surface area contributed by atoms with Gasteiger partial charge >= 0.3 is 0 Å². The van der Waals surface area contributed by atoms with E-state index < -0.39 is 5.97 Å². The Labute approximate surface area is 73.3 Å². The van der Waals surface area contributed by atoms with Crippen molar-refractivity contribution in [2.24, 2.45) is 0 Å². The molecule has 0 heterocycles. The summed E-state index contributed by atoms with van der Waals surface area (Å²) in [4.78, 5) is 17.6. The minimum atomic E-state index is -1.08. The Morgan fingerprint density at radius 2 is 1.75 bits per heavy atom. The molecule has 0 rings (SSSR count).